The molecule has 3 aromatic carbocycles. The number of rotatable bonds is 4. The van der Waals surface area contributed by atoms with Gasteiger partial charge in [0.05, 0.1) is 14.9 Å². The first-order valence-electron chi connectivity index (χ1n) is 6.96. The molecule has 0 amide bonds. The summed E-state index contributed by atoms with van der Waals surface area (Å²) in [5.41, 5.74) is 0.878. The molecule has 0 saturated heterocycles. The molecule has 0 spiro atoms. The molecule has 0 radical (unpaired) electrons. The molecule has 24 heavy (non-hydrogen) atoms. The highest BCUT2D eigenvalue weighted by molar-refractivity contribution is 7.89. The number of fused-ring (bicyclic) bond motifs is 1. The molecule has 0 saturated carbocycles. The summed E-state index contributed by atoms with van der Waals surface area (Å²) in [5.74, 6) is 0.611. The lowest BCUT2D eigenvalue weighted by Crippen LogP contribution is -2.11. The van der Waals surface area contributed by atoms with E-state index in [4.69, 9.17) is 33.1 Å². The highest BCUT2D eigenvalue weighted by Gasteiger charge is 2.09. The molecule has 0 aliphatic rings. The monoisotopic (exact) mass is 381 g/mol. The number of ether oxygens (including phenoxy) is 1. The maximum absolute atomic E-state index is 11.5. The SMILES string of the molecule is NS(=O)(=O)c1ccc2ccc(OCc3ccc(Cl)c(Cl)c3)cc2c1. The lowest BCUT2D eigenvalue weighted by molar-refractivity contribution is 0.306. The number of benzene rings is 3. The molecule has 3 rings (SSSR count). The highest BCUT2D eigenvalue weighted by atomic mass is 35.5. The minimum Gasteiger partial charge on any atom is -0.489 e. The van der Waals surface area contributed by atoms with Crippen LogP contribution in [-0.2, 0) is 16.6 Å². The van der Waals surface area contributed by atoms with E-state index in [9.17, 15) is 8.42 Å². The third kappa shape index (κ3) is 3.82. The molecule has 3 aromatic rings. The van der Waals surface area contributed by atoms with Crippen molar-refractivity contribution < 1.29 is 13.2 Å². The molecule has 0 bridgehead atoms. The van der Waals surface area contributed by atoms with E-state index in [1.54, 1.807) is 24.3 Å². The van der Waals surface area contributed by atoms with Gasteiger partial charge in [-0.2, -0.15) is 0 Å². The van der Waals surface area contributed by atoms with Gasteiger partial charge in [0.2, 0.25) is 10.0 Å². The smallest absolute Gasteiger partial charge is 0.238 e. The fraction of sp³-hybridized carbons (Fsp3) is 0.0588. The zero-order chi connectivity index (χ0) is 17.3. The Bertz CT molecular complexity index is 1020. The second-order valence-corrected chi connectivity index (χ2v) is 7.63. The van der Waals surface area contributed by atoms with Crippen molar-refractivity contribution in [2.24, 2.45) is 5.14 Å². The van der Waals surface area contributed by atoms with Gasteiger partial charge in [0, 0.05) is 0 Å². The Kier molecular flexibility index (Phi) is 4.69. The Morgan fingerprint density at radius 1 is 0.875 bits per heavy atom. The Labute approximate surface area is 149 Å². The van der Waals surface area contributed by atoms with Crippen LogP contribution in [0, 0.1) is 0 Å². The van der Waals surface area contributed by atoms with Gasteiger partial charge in [0.25, 0.3) is 0 Å². The zero-order valence-corrected chi connectivity index (χ0v) is 14.7. The minimum absolute atomic E-state index is 0.0663. The van der Waals surface area contributed by atoms with Crippen molar-refractivity contribution in [2.75, 3.05) is 0 Å². The summed E-state index contributed by atoms with van der Waals surface area (Å²) in [7, 11) is -3.74. The van der Waals surface area contributed by atoms with Crippen molar-refractivity contribution in [3.63, 3.8) is 0 Å². The van der Waals surface area contributed by atoms with Gasteiger partial charge in [0.1, 0.15) is 12.4 Å². The van der Waals surface area contributed by atoms with Gasteiger partial charge >= 0.3 is 0 Å². The van der Waals surface area contributed by atoms with Crippen molar-refractivity contribution in [1.82, 2.24) is 0 Å². The van der Waals surface area contributed by atoms with E-state index in [0.29, 0.717) is 22.4 Å². The van der Waals surface area contributed by atoms with Crippen molar-refractivity contribution in [2.45, 2.75) is 11.5 Å². The summed E-state index contributed by atoms with van der Waals surface area (Å²) < 4.78 is 28.6. The molecule has 7 heteroatoms. The number of hydrogen-bond donors (Lipinski definition) is 1. The molecule has 0 unspecified atom stereocenters. The van der Waals surface area contributed by atoms with Crippen LogP contribution in [0.15, 0.2) is 59.5 Å². The molecule has 0 heterocycles. The summed E-state index contributed by atoms with van der Waals surface area (Å²) in [4.78, 5) is 0.0663. The van der Waals surface area contributed by atoms with Crippen LogP contribution in [-0.4, -0.2) is 8.42 Å². The van der Waals surface area contributed by atoms with E-state index in [-0.39, 0.29) is 4.90 Å². The van der Waals surface area contributed by atoms with Crippen LogP contribution >= 0.6 is 23.2 Å². The highest BCUT2D eigenvalue weighted by Crippen LogP contribution is 2.26. The van der Waals surface area contributed by atoms with E-state index in [2.05, 4.69) is 0 Å². The van der Waals surface area contributed by atoms with Gasteiger partial charge in [-0.3, -0.25) is 0 Å². The molecular formula is C17H13Cl2NO3S. The Morgan fingerprint density at radius 3 is 2.33 bits per heavy atom. The Balaban J connectivity index is 1.85. The summed E-state index contributed by atoms with van der Waals surface area (Å²) in [6, 6.07) is 15.4. The van der Waals surface area contributed by atoms with Crippen LogP contribution in [0.5, 0.6) is 5.75 Å². The average molecular weight is 382 g/mol. The number of primary sulfonamides is 1. The van der Waals surface area contributed by atoms with Crippen molar-refractivity contribution >= 4 is 44.0 Å². The van der Waals surface area contributed by atoms with Crippen molar-refractivity contribution in [3.8, 4) is 5.75 Å². The molecule has 124 valence electrons. The number of sulfonamides is 1. The molecule has 2 N–H and O–H groups in total. The predicted octanol–water partition coefficient (Wildman–Crippen LogP) is 4.37. The summed E-state index contributed by atoms with van der Waals surface area (Å²) in [5, 5.41) is 7.74. The molecule has 0 aliphatic heterocycles. The molecule has 0 aliphatic carbocycles. The van der Waals surface area contributed by atoms with Crippen LogP contribution in [0.3, 0.4) is 0 Å². The maximum Gasteiger partial charge on any atom is 0.238 e. The van der Waals surface area contributed by atoms with Crippen LogP contribution in [0.2, 0.25) is 10.0 Å². The lowest BCUT2D eigenvalue weighted by Gasteiger charge is -2.09. The minimum atomic E-state index is -3.74. The fourth-order valence-corrected chi connectivity index (χ4v) is 3.14. The largest absolute Gasteiger partial charge is 0.489 e. The van der Waals surface area contributed by atoms with E-state index in [0.717, 1.165) is 16.3 Å². The molecule has 0 atom stereocenters. The summed E-state index contributed by atoms with van der Waals surface area (Å²) >= 11 is 11.9. The van der Waals surface area contributed by atoms with Crippen LogP contribution < -0.4 is 9.88 Å². The first-order valence-corrected chi connectivity index (χ1v) is 9.26. The van der Waals surface area contributed by atoms with Gasteiger partial charge < -0.3 is 4.74 Å². The van der Waals surface area contributed by atoms with Crippen molar-refractivity contribution in [1.29, 1.82) is 0 Å². The summed E-state index contributed by atoms with van der Waals surface area (Å²) in [6.45, 7) is 0.317. The normalized spacial score (nSPS) is 11.6. The Morgan fingerprint density at radius 2 is 1.62 bits per heavy atom. The second-order valence-electron chi connectivity index (χ2n) is 5.25. The number of halogens is 2. The van der Waals surface area contributed by atoms with Gasteiger partial charge in [-0.15, -0.1) is 0 Å². The van der Waals surface area contributed by atoms with Crippen LogP contribution in [0.1, 0.15) is 5.56 Å². The van der Waals surface area contributed by atoms with E-state index < -0.39 is 10.0 Å². The van der Waals surface area contributed by atoms with E-state index >= 15 is 0 Å². The number of hydrogen-bond acceptors (Lipinski definition) is 3. The van der Waals surface area contributed by atoms with Crippen LogP contribution in [0.4, 0.5) is 0 Å². The standard InChI is InChI=1S/C17H13Cl2NO3S/c18-16-6-1-11(7-17(16)19)10-23-14-4-2-12-3-5-15(24(20,21)22)9-13(12)8-14/h1-9H,10H2,(H2,20,21,22). The second kappa shape index (κ2) is 6.61. The summed E-state index contributed by atoms with van der Waals surface area (Å²) in [6.07, 6.45) is 0. The first-order chi connectivity index (χ1) is 11.3. The van der Waals surface area contributed by atoms with Crippen molar-refractivity contribution in [3.05, 3.63) is 70.2 Å². The average Bonchev–Trinajstić information content (AvgIpc) is 2.54. The topological polar surface area (TPSA) is 69.4 Å². The predicted molar refractivity (Wildman–Crippen MR) is 96.1 cm³/mol. The first kappa shape index (κ1) is 17.0. The molecule has 0 aromatic heterocycles. The van der Waals surface area contributed by atoms with Gasteiger partial charge in [0.15, 0.2) is 0 Å². The lowest BCUT2D eigenvalue weighted by atomic mass is 10.1. The van der Waals surface area contributed by atoms with Gasteiger partial charge in [-0.1, -0.05) is 41.4 Å². The fourth-order valence-electron chi connectivity index (χ4n) is 2.27. The maximum atomic E-state index is 11.5. The zero-order valence-electron chi connectivity index (χ0n) is 12.4. The molecule has 4 nitrogen and oxygen atoms in total. The van der Waals surface area contributed by atoms with E-state index in [1.165, 1.54) is 12.1 Å². The third-order valence-corrected chi connectivity index (χ3v) is 5.15. The molecule has 0 fully saturated rings. The Hall–Kier alpha value is -1.79. The third-order valence-electron chi connectivity index (χ3n) is 3.50. The van der Waals surface area contributed by atoms with Gasteiger partial charge in [-0.05, 0) is 52.7 Å². The van der Waals surface area contributed by atoms with E-state index in [1.807, 2.05) is 18.2 Å². The van der Waals surface area contributed by atoms with Crippen LogP contribution in [0.25, 0.3) is 10.8 Å². The quantitative estimate of drug-likeness (QED) is 0.728. The number of nitrogens with two attached hydrogens (primary N) is 1. The van der Waals surface area contributed by atoms with Gasteiger partial charge in [-0.25, -0.2) is 13.6 Å². The molecular weight excluding hydrogens is 369 g/mol.